The molecule has 0 radical (unpaired) electrons. The van der Waals surface area contributed by atoms with E-state index in [1.165, 1.54) is 30.1 Å². The van der Waals surface area contributed by atoms with Gasteiger partial charge in [0.2, 0.25) is 5.95 Å². The van der Waals surface area contributed by atoms with E-state index in [-0.39, 0.29) is 34.3 Å². The number of urea groups is 1. The number of hydrogen-bond acceptors (Lipinski definition) is 6. The molecule has 0 fully saturated rings. The molecular weight excluding hydrogens is 381 g/mol. The Kier molecular flexibility index (Phi) is 5.14. The fourth-order valence-electron chi connectivity index (χ4n) is 2.31. The van der Waals surface area contributed by atoms with E-state index in [1.807, 2.05) is 0 Å². The summed E-state index contributed by atoms with van der Waals surface area (Å²) in [6.07, 6.45) is 2.58. The molecule has 3 heterocycles. The number of primary amides is 1. The van der Waals surface area contributed by atoms with Gasteiger partial charge in [0.25, 0.3) is 5.91 Å². The number of pyridine rings is 1. The van der Waals surface area contributed by atoms with E-state index in [9.17, 15) is 14.0 Å². The van der Waals surface area contributed by atoms with Crippen molar-refractivity contribution in [3.63, 3.8) is 0 Å². The lowest BCUT2D eigenvalue weighted by Gasteiger charge is -2.12. The number of aromatic nitrogens is 4. The molecule has 3 aromatic heterocycles. The van der Waals surface area contributed by atoms with E-state index in [2.05, 4.69) is 25.7 Å². The highest BCUT2D eigenvalue weighted by molar-refractivity contribution is 6.33. The molecule has 140 valence electrons. The smallest absolute Gasteiger partial charge is 0.323 e. The number of carbonyl (C=O) groups is 2. The van der Waals surface area contributed by atoms with Gasteiger partial charge in [-0.1, -0.05) is 11.6 Å². The number of halogens is 2. The van der Waals surface area contributed by atoms with E-state index in [0.717, 1.165) is 6.07 Å². The quantitative estimate of drug-likeness (QED) is 0.604. The molecule has 0 spiro atoms. The number of amides is 3. The Bertz CT molecular complexity index is 1040. The summed E-state index contributed by atoms with van der Waals surface area (Å²) < 4.78 is 19.7. The molecule has 0 aromatic carbocycles. The Labute approximate surface area is 156 Å². The summed E-state index contributed by atoms with van der Waals surface area (Å²) in [4.78, 5) is 31.2. The largest absolute Gasteiger partial charge is 0.378 e. The second-order valence-electron chi connectivity index (χ2n) is 5.29. The Morgan fingerprint density at radius 3 is 2.74 bits per heavy atom. The van der Waals surface area contributed by atoms with Crippen molar-refractivity contribution in [1.82, 2.24) is 19.6 Å². The van der Waals surface area contributed by atoms with Crippen LogP contribution in [0.2, 0.25) is 5.02 Å². The lowest BCUT2D eigenvalue weighted by atomic mass is 10.3. The zero-order valence-electron chi connectivity index (χ0n) is 13.9. The number of fused-ring (bicyclic) bond motifs is 1. The van der Waals surface area contributed by atoms with Crippen molar-refractivity contribution in [3.05, 3.63) is 46.9 Å². The van der Waals surface area contributed by atoms with E-state index in [0.29, 0.717) is 5.69 Å². The van der Waals surface area contributed by atoms with Crippen LogP contribution in [-0.2, 0) is 11.3 Å². The van der Waals surface area contributed by atoms with Gasteiger partial charge < -0.3 is 21.1 Å². The van der Waals surface area contributed by atoms with E-state index < -0.39 is 17.9 Å². The highest BCUT2D eigenvalue weighted by Gasteiger charge is 2.15. The summed E-state index contributed by atoms with van der Waals surface area (Å²) in [6.45, 7) is 0.0520. The maximum Gasteiger partial charge on any atom is 0.323 e. The van der Waals surface area contributed by atoms with E-state index in [1.54, 1.807) is 0 Å². The summed E-state index contributed by atoms with van der Waals surface area (Å²) in [5.41, 5.74) is 6.16. The normalized spacial score (nSPS) is 10.8. The van der Waals surface area contributed by atoms with Crippen molar-refractivity contribution >= 4 is 40.6 Å². The van der Waals surface area contributed by atoms with Crippen LogP contribution < -0.4 is 16.4 Å². The molecule has 3 rings (SSSR count). The maximum absolute atomic E-state index is 13.4. The number of nitrogens with two attached hydrogens (primary N) is 1. The van der Waals surface area contributed by atoms with Crippen LogP contribution >= 0.6 is 11.6 Å². The maximum atomic E-state index is 13.4. The highest BCUT2D eigenvalue weighted by atomic mass is 35.5. The fourth-order valence-corrected chi connectivity index (χ4v) is 2.56. The highest BCUT2D eigenvalue weighted by Crippen LogP contribution is 2.20. The molecule has 0 bridgehead atoms. The topological polar surface area (TPSA) is 137 Å². The standard InChI is InChI=1S/C15H13ClFN7O3/c1-27-6-10-9(5-19-12-3-11(17)23-24(10)12)22-15(26)21-7-2-8(16)13(14(18)25)20-4-7/h2-5H,6H2,1H3,(H2,18,25)(H2,21,22,26). The molecule has 0 saturated heterocycles. The molecular formula is C15H13ClFN7O3. The van der Waals surface area contributed by atoms with Gasteiger partial charge in [-0.15, -0.1) is 5.10 Å². The third-order valence-electron chi connectivity index (χ3n) is 3.41. The SMILES string of the molecule is COCc1c(NC(=O)Nc2cnc(C(N)=O)c(Cl)c2)cnc2cc(F)nn12. The van der Waals surface area contributed by atoms with Crippen LogP contribution in [-0.4, -0.2) is 38.6 Å². The molecule has 10 nitrogen and oxygen atoms in total. The van der Waals surface area contributed by atoms with E-state index in [4.69, 9.17) is 22.1 Å². The van der Waals surface area contributed by atoms with Crippen molar-refractivity contribution < 1.29 is 18.7 Å². The number of nitrogens with one attached hydrogen (secondary N) is 2. The summed E-state index contributed by atoms with van der Waals surface area (Å²) in [6, 6.07) is 1.83. The Morgan fingerprint density at radius 2 is 2.07 bits per heavy atom. The predicted octanol–water partition coefficient (Wildman–Crippen LogP) is 1.81. The van der Waals surface area contributed by atoms with Crippen LogP contribution in [0.1, 0.15) is 16.2 Å². The van der Waals surface area contributed by atoms with Crippen LogP contribution in [0.25, 0.3) is 5.65 Å². The molecule has 3 amide bonds. The van der Waals surface area contributed by atoms with Crippen molar-refractivity contribution in [2.24, 2.45) is 5.73 Å². The van der Waals surface area contributed by atoms with Gasteiger partial charge >= 0.3 is 6.03 Å². The average molecular weight is 394 g/mol. The molecule has 0 aliphatic heterocycles. The molecule has 0 saturated carbocycles. The van der Waals surface area contributed by atoms with Crippen molar-refractivity contribution in [1.29, 1.82) is 0 Å². The Hall–Kier alpha value is -3.31. The van der Waals surface area contributed by atoms with Crippen LogP contribution in [0.5, 0.6) is 0 Å². The number of ether oxygens (including phenoxy) is 1. The lowest BCUT2D eigenvalue weighted by Crippen LogP contribution is -2.22. The third-order valence-corrected chi connectivity index (χ3v) is 3.70. The van der Waals surface area contributed by atoms with E-state index >= 15 is 0 Å². The van der Waals surface area contributed by atoms with Crippen LogP contribution in [0.3, 0.4) is 0 Å². The molecule has 0 aliphatic rings. The van der Waals surface area contributed by atoms with Gasteiger partial charge in [-0.2, -0.15) is 4.39 Å². The van der Waals surface area contributed by atoms with Gasteiger partial charge in [0, 0.05) is 13.2 Å². The molecule has 12 heteroatoms. The zero-order valence-corrected chi connectivity index (χ0v) is 14.6. The molecule has 4 N–H and O–H groups in total. The first kappa shape index (κ1) is 18.5. The fraction of sp³-hybridized carbons (Fsp3) is 0.133. The van der Waals surface area contributed by atoms with Crippen LogP contribution in [0, 0.1) is 5.95 Å². The minimum Gasteiger partial charge on any atom is -0.378 e. The third kappa shape index (κ3) is 3.93. The number of methoxy groups -OCH3 is 1. The Morgan fingerprint density at radius 1 is 1.30 bits per heavy atom. The van der Waals surface area contributed by atoms with Gasteiger partial charge in [0.1, 0.15) is 5.69 Å². The second-order valence-corrected chi connectivity index (χ2v) is 5.69. The van der Waals surface area contributed by atoms with Gasteiger partial charge in [-0.25, -0.2) is 19.3 Å². The summed E-state index contributed by atoms with van der Waals surface area (Å²) in [7, 11) is 1.45. The van der Waals surface area contributed by atoms with Crippen LogP contribution in [0.15, 0.2) is 24.5 Å². The summed E-state index contributed by atoms with van der Waals surface area (Å²) in [5.74, 6) is -1.50. The first-order chi connectivity index (χ1) is 12.9. The molecule has 0 aliphatic carbocycles. The zero-order chi connectivity index (χ0) is 19.6. The minimum atomic E-state index is -0.786. The average Bonchev–Trinajstić information content (AvgIpc) is 2.97. The number of anilines is 2. The number of hydrogen-bond donors (Lipinski definition) is 3. The number of rotatable bonds is 5. The van der Waals surface area contributed by atoms with Crippen molar-refractivity contribution in [2.75, 3.05) is 17.7 Å². The predicted molar refractivity (Wildman–Crippen MR) is 94.1 cm³/mol. The number of nitrogens with zero attached hydrogens (tertiary/aromatic N) is 4. The van der Waals surface area contributed by atoms with Gasteiger partial charge in [0.15, 0.2) is 5.65 Å². The van der Waals surface area contributed by atoms with Gasteiger partial charge in [-0.05, 0) is 6.07 Å². The first-order valence-corrected chi connectivity index (χ1v) is 7.82. The minimum absolute atomic E-state index is 0.00419. The molecule has 0 unspecified atom stereocenters. The van der Waals surface area contributed by atoms with Crippen LogP contribution in [0.4, 0.5) is 20.6 Å². The Balaban J connectivity index is 1.82. The van der Waals surface area contributed by atoms with Gasteiger partial charge in [-0.3, -0.25) is 4.79 Å². The lowest BCUT2D eigenvalue weighted by molar-refractivity contribution is 0.0996. The molecule has 3 aromatic rings. The van der Waals surface area contributed by atoms with Crippen molar-refractivity contribution in [2.45, 2.75) is 6.61 Å². The summed E-state index contributed by atoms with van der Waals surface area (Å²) in [5, 5.41) is 8.74. The molecule has 0 atom stereocenters. The monoisotopic (exact) mass is 393 g/mol. The second kappa shape index (κ2) is 7.51. The van der Waals surface area contributed by atoms with Crippen molar-refractivity contribution in [3.8, 4) is 0 Å². The number of carbonyl (C=O) groups excluding carboxylic acids is 2. The van der Waals surface area contributed by atoms with Gasteiger partial charge in [0.05, 0.1) is 41.1 Å². The first-order valence-electron chi connectivity index (χ1n) is 7.44. The molecule has 27 heavy (non-hydrogen) atoms. The summed E-state index contributed by atoms with van der Waals surface area (Å²) >= 11 is 5.89.